The number of nitrogen functional groups attached to an aromatic ring is 1. The maximum absolute atomic E-state index is 12.6. The lowest BCUT2D eigenvalue weighted by Crippen LogP contribution is -2.51. The number of fused-ring (bicyclic) bond motifs is 1. The van der Waals surface area contributed by atoms with Gasteiger partial charge in [0.05, 0.1) is 18.5 Å². The summed E-state index contributed by atoms with van der Waals surface area (Å²) in [6.07, 6.45) is 9.70. The van der Waals surface area contributed by atoms with E-state index in [-0.39, 0.29) is 11.9 Å². The third-order valence-electron chi connectivity index (χ3n) is 5.81. The molecule has 2 aromatic rings. The molecule has 27 heavy (non-hydrogen) atoms. The van der Waals surface area contributed by atoms with Crippen molar-refractivity contribution in [3.8, 4) is 0 Å². The Bertz CT molecular complexity index is 793. The molecule has 3 heterocycles. The Balaban J connectivity index is 1.26. The molecule has 2 aromatic heterocycles. The van der Waals surface area contributed by atoms with E-state index in [0.29, 0.717) is 42.9 Å². The van der Waals surface area contributed by atoms with Gasteiger partial charge >= 0.3 is 0 Å². The zero-order chi connectivity index (χ0) is 18.8. The first-order valence-electron chi connectivity index (χ1n) is 9.98. The second kappa shape index (κ2) is 7.80. The number of ether oxygens (including phenoxy) is 1. The van der Waals surface area contributed by atoms with Crippen molar-refractivity contribution in [2.24, 2.45) is 5.92 Å². The van der Waals surface area contributed by atoms with Gasteiger partial charge in [-0.15, -0.1) is 0 Å². The van der Waals surface area contributed by atoms with E-state index < -0.39 is 0 Å². The van der Waals surface area contributed by atoms with Crippen LogP contribution in [0.5, 0.6) is 0 Å². The minimum absolute atomic E-state index is 0.214. The van der Waals surface area contributed by atoms with E-state index in [1.54, 1.807) is 6.33 Å². The molecule has 0 bridgehead atoms. The SMILES string of the molecule is CCCOC1CCC(CC(=O)N2CC(n3cnc4c(N)ncnc43)C2)CC1. The molecule has 4 rings (SSSR count). The van der Waals surface area contributed by atoms with Crippen molar-refractivity contribution in [2.75, 3.05) is 25.4 Å². The van der Waals surface area contributed by atoms with Crippen molar-refractivity contribution >= 4 is 22.9 Å². The number of nitrogens with zero attached hydrogens (tertiary/aromatic N) is 5. The van der Waals surface area contributed by atoms with Crippen LogP contribution in [-0.4, -0.2) is 56.1 Å². The van der Waals surface area contributed by atoms with Gasteiger partial charge in [0.25, 0.3) is 0 Å². The Morgan fingerprint density at radius 1 is 1.22 bits per heavy atom. The Kier molecular flexibility index (Phi) is 5.24. The van der Waals surface area contributed by atoms with Crippen LogP contribution in [0.1, 0.15) is 51.5 Å². The number of carbonyl (C=O) groups is 1. The van der Waals surface area contributed by atoms with Crippen LogP contribution < -0.4 is 5.73 Å². The van der Waals surface area contributed by atoms with Crippen LogP contribution in [0.2, 0.25) is 0 Å². The lowest BCUT2D eigenvalue weighted by atomic mass is 9.84. The summed E-state index contributed by atoms with van der Waals surface area (Å²) in [5.74, 6) is 1.16. The monoisotopic (exact) mass is 372 g/mol. The first-order valence-corrected chi connectivity index (χ1v) is 9.98. The zero-order valence-corrected chi connectivity index (χ0v) is 15.9. The first kappa shape index (κ1) is 18.2. The van der Waals surface area contributed by atoms with E-state index in [1.807, 2.05) is 9.47 Å². The van der Waals surface area contributed by atoms with E-state index >= 15 is 0 Å². The molecule has 0 aromatic carbocycles. The lowest BCUT2D eigenvalue weighted by Gasteiger charge is -2.41. The molecule has 2 fully saturated rings. The van der Waals surface area contributed by atoms with Crippen LogP contribution in [0.3, 0.4) is 0 Å². The number of hydrogen-bond acceptors (Lipinski definition) is 6. The number of likely N-dealkylation sites (tertiary alicyclic amines) is 1. The number of carbonyl (C=O) groups excluding carboxylic acids is 1. The average Bonchev–Trinajstić information content (AvgIpc) is 3.05. The molecule has 1 saturated heterocycles. The van der Waals surface area contributed by atoms with Gasteiger partial charge in [-0.05, 0) is 38.0 Å². The molecule has 0 atom stereocenters. The maximum atomic E-state index is 12.6. The van der Waals surface area contributed by atoms with Gasteiger partial charge in [0.15, 0.2) is 11.5 Å². The van der Waals surface area contributed by atoms with Gasteiger partial charge < -0.3 is 19.9 Å². The van der Waals surface area contributed by atoms with Crippen LogP contribution in [0.15, 0.2) is 12.7 Å². The highest BCUT2D eigenvalue weighted by atomic mass is 16.5. The van der Waals surface area contributed by atoms with Gasteiger partial charge in [-0.1, -0.05) is 6.92 Å². The molecule has 2 N–H and O–H groups in total. The van der Waals surface area contributed by atoms with Crippen molar-refractivity contribution < 1.29 is 9.53 Å². The van der Waals surface area contributed by atoms with Crippen molar-refractivity contribution in [2.45, 2.75) is 57.6 Å². The summed E-state index contributed by atoms with van der Waals surface area (Å²) in [5, 5.41) is 0. The number of imidazole rings is 1. The third kappa shape index (κ3) is 3.76. The molecule has 0 radical (unpaired) electrons. The number of aromatic nitrogens is 4. The van der Waals surface area contributed by atoms with Gasteiger partial charge in [0.1, 0.15) is 11.8 Å². The second-order valence-corrected chi connectivity index (χ2v) is 7.75. The average molecular weight is 372 g/mol. The third-order valence-corrected chi connectivity index (χ3v) is 5.81. The molecule has 0 spiro atoms. The highest BCUT2D eigenvalue weighted by Crippen LogP contribution is 2.31. The van der Waals surface area contributed by atoms with Crippen molar-refractivity contribution in [1.29, 1.82) is 0 Å². The summed E-state index contributed by atoms with van der Waals surface area (Å²) < 4.78 is 7.85. The number of hydrogen-bond donors (Lipinski definition) is 1. The Morgan fingerprint density at radius 2 is 2.00 bits per heavy atom. The Morgan fingerprint density at radius 3 is 2.74 bits per heavy atom. The Hall–Kier alpha value is -2.22. The normalized spacial score (nSPS) is 23.5. The number of nitrogens with two attached hydrogens (primary N) is 1. The molecule has 0 unspecified atom stereocenters. The van der Waals surface area contributed by atoms with Crippen molar-refractivity contribution in [3.05, 3.63) is 12.7 Å². The smallest absolute Gasteiger partial charge is 0.222 e. The number of anilines is 1. The molecule has 146 valence electrons. The molecule has 8 heteroatoms. The minimum Gasteiger partial charge on any atom is -0.382 e. The predicted molar refractivity (Wildman–Crippen MR) is 102 cm³/mol. The van der Waals surface area contributed by atoms with E-state index in [1.165, 1.54) is 6.33 Å². The van der Waals surface area contributed by atoms with Crippen LogP contribution in [-0.2, 0) is 9.53 Å². The summed E-state index contributed by atoms with van der Waals surface area (Å²) in [6, 6.07) is 0.214. The van der Waals surface area contributed by atoms with Gasteiger partial charge in [0.2, 0.25) is 5.91 Å². The lowest BCUT2D eigenvalue weighted by molar-refractivity contribution is -0.138. The van der Waals surface area contributed by atoms with E-state index in [4.69, 9.17) is 10.5 Å². The zero-order valence-electron chi connectivity index (χ0n) is 15.9. The molecule has 8 nitrogen and oxygen atoms in total. The van der Waals surface area contributed by atoms with Crippen molar-refractivity contribution in [1.82, 2.24) is 24.4 Å². The molecule has 2 aliphatic rings. The standard InChI is InChI=1S/C19H28N6O2/c1-2-7-27-15-5-3-13(4-6-15)8-16(26)24-9-14(10-24)25-12-23-17-18(20)21-11-22-19(17)25/h11-15H,2-10H2,1H3,(H2,20,21,22). The molecule has 1 aliphatic carbocycles. The van der Waals surface area contributed by atoms with Gasteiger partial charge in [0, 0.05) is 26.1 Å². The summed E-state index contributed by atoms with van der Waals surface area (Å²) in [5.41, 5.74) is 7.21. The summed E-state index contributed by atoms with van der Waals surface area (Å²) in [6.45, 7) is 4.41. The minimum atomic E-state index is 0.214. The van der Waals surface area contributed by atoms with E-state index in [9.17, 15) is 4.79 Å². The van der Waals surface area contributed by atoms with Gasteiger partial charge in [-0.25, -0.2) is 15.0 Å². The fourth-order valence-corrected chi connectivity index (χ4v) is 4.14. The quantitative estimate of drug-likeness (QED) is 0.834. The van der Waals surface area contributed by atoms with Crippen LogP contribution in [0, 0.1) is 5.92 Å². The fourth-order valence-electron chi connectivity index (χ4n) is 4.14. The molecule has 1 aliphatic heterocycles. The van der Waals surface area contributed by atoms with Gasteiger partial charge in [-0.2, -0.15) is 0 Å². The fraction of sp³-hybridized carbons (Fsp3) is 0.684. The van der Waals surface area contributed by atoms with Crippen LogP contribution >= 0.6 is 0 Å². The molecular formula is C19H28N6O2. The number of rotatable bonds is 6. The molecule has 1 amide bonds. The first-order chi connectivity index (χ1) is 13.2. The van der Waals surface area contributed by atoms with Gasteiger partial charge in [-0.3, -0.25) is 4.79 Å². The highest BCUT2D eigenvalue weighted by Gasteiger charge is 2.34. The van der Waals surface area contributed by atoms with Crippen molar-refractivity contribution in [3.63, 3.8) is 0 Å². The molecular weight excluding hydrogens is 344 g/mol. The van der Waals surface area contributed by atoms with E-state index in [2.05, 4.69) is 21.9 Å². The maximum Gasteiger partial charge on any atom is 0.222 e. The summed E-state index contributed by atoms with van der Waals surface area (Å²) in [4.78, 5) is 27.1. The number of amides is 1. The largest absolute Gasteiger partial charge is 0.382 e. The molecule has 1 saturated carbocycles. The van der Waals surface area contributed by atoms with Crippen LogP contribution in [0.4, 0.5) is 5.82 Å². The predicted octanol–water partition coefficient (Wildman–Crippen LogP) is 2.17. The highest BCUT2D eigenvalue weighted by molar-refractivity contribution is 5.81. The second-order valence-electron chi connectivity index (χ2n) is 7.75. The summed E-state index contributed by atoms with van der Waals surface area (Å²) in [7, 11) is 0. The topological polar surface area (TPSA) is 99.2 Å². The van der Waals surface area contributed by atoms with E-state index in [0.717, 1.165) is 44.4 Å². The summed E-state index contributed by atoms with van der Waals surface area (Å²) >= 11 is 0. The van der Waals surface area contributed by atoms with Crippen LogP contribution in [0.25, 0.3) is 11.2 Å². The Labute approximate surface area is 159 Å².